The Morgan fingerprint density at radius 1 is 1.30 bits per heavy atom. The van der Waals surface area contributed by atoms with Crippen molar-refractivity contribution in [2.45, 2.75) is 33.1 Å². The molecule has 0 amide bonds. The molecule has 20 heavy (non-hydrogen) atoms. The van der Waals surface area contributed by atoms with E-state index in [0.717, 1.165) is 5.69 Å². The van der Waals surface area contributed by atoms with Gasteiger partial charge in [-0.3, -0.25) is 0 Å². The number of aromatic carboxylic acids is 1. The highest BCUT2D eigenvalue weighted by Gasteiger charge is 2.17. The van der Waals surface area contributed by atoms with Crippen LogP contribution in [0.15, 0.2) is 17.5 Å². The maximum absolute atomic E-state index is 11.0. The van der Waals surface area contributed by atoms with Gasteiger partial charge in [-0.15, -0.1) is 11.3 Å². The number of aryl methyl sites for hydroxylation is 1. The van der Waals surface area contributed by atoms with Crippen LogP contribution in [-0.2, 0) is 5.41 Å². The molecule has 0 aliphatic carbocycles. The highest BCUT2D eigenvalue weighted by atomic mass is 32.1. The number of pyridine rings is 1. The van der Waals surface area contributed by atoms with Crippen LogP contribution >= 0.6 is 11.3 Å². The molecule has 0 unspecified atom stereocenters. The van der Waals surface area contributed by atoms with Gasteiger partial charge in [0.25, 0.3) is 0 Å². The van der Waals surface area contributed by atoms with E-state index < -0.39 is 5.97 Å². The summed E-state index contributed by atoms with van der Waals surface area (Å²) >= 11 is 1.48. The molecule has 2 aromatic heterocycles. The summed E-state index contributed by atoms with van der Waals surface area (Å²) in [5.74, 6) is -0.467. The van der Waals surface area contributed by atoms with E-state index in [0.29, 0.717) is 16.6 Å². The molecule has 2 N–H and O–H groups in total. The van der Waals surface area contributed by atoms with E-state index in [1.807, 2.05) is 5.38 Å². The van der Waals surface area contributed by atoms with E-state index >= 15 is 0 Å². The van der Waals surface area contributed by atoms with Crippen LogP contribution in [0.25, 0.3) is 0 Å². The molecule has 0 spiro atoms. The molecule has 2 heterocycles. The van der Waals surface area contributed by atoms with Crippen molar-refractivity contribution in [2.24, 2.45) is 0 Å². The minimum absolute atomic E-state index is 0.0112. The number of carbonyl (C=O) groups is 1. The Balaban J connectivity index is 2.26. The number of nitrogens with zero attached hydrogens (tertiary/aromatic N) is 2. The van der Waals surface area contributed by atoms with E-state index in [2.05, 4.69) is 36.1 Å². The Hall–Kier alpha value is -1.95. The van der Waals surface area contributed by atoms with Crippen molar-refractivity contribution in [1.82, 2.24) is 9.97 Å². The molecule has 2 aromatic rings. The van der Waals surface area contributed by atoms with Gasteiger partial charge < -0.3 is 10.4 Å². The van der Waals surface area contributed by atoms with Crippen LogP contribution in [0.2, 0.25) is 0 Å². The minimum Gasteiger partial charge on any atom is -0.478 e. The zero-order chi connectivity index (χ0) is 14.9. The van der Waals surface area contributed by atoms with Crippen molar-refractivity contribution in [2.75, 3.05) is 5.32 Å². The topological polar surface area (TPSA) is 75.1 Å². The molecule has 0 saturated carbocycles. The molecule has 0 aliphatic rings. The van der Waals surface area contributed by atoms with Crippen molar-refractivity contribution in [3.8, 4) is 0 Å². The van der Waals surface area contributed by atoms with Gasteiger partial charge in [0.1, 0.15) is 5.82 Å². The summed E-state index contributed by atoms with van der Waals surface area (Å²) in [6, 6.07) is 3.05. The van der Waals surface area contributed by atoms with Crippen LogP contribution in [0.3, 0.4) is 0 Å². The predicted octanol–water partition coefficient (Wildman–Crippen LogP) is 3.59. The fourth-order valence-electron chi connectivity index (χ4n) is 1.64. The van der Waals surface area contributed by atoms with Gasteiger partial charge in [0.2, 0.25) is 0 Å². The lowest BCUT2D eigenvalue weighted by molar-refractivity contribution is 0.0696. The number of anilines is 2. The second-order valence-corrected chi connectivity index (χ2v) is 6.46. The molecule has 106 valence electrons. The number of rotatable bonds is 3. The quantitative estimate of drug-likeness (QED) is 0.904. The van der Waals surface area contributed by atoms with Gasteiger partial charge in [0.05, 0.1) is 11.3 Å². The molecular formula is C14H17N3O2S. The first-order valence-corrected chi connectivity index (χ1v) is 7.09. The molecular weight excluding hydrogens is 274 g/mol. The Morgan fingerprint density at radius 3 is 2.55 bits per heavy atom. The summed E-state index contributed by atoms with van der Waals surface area (Å²) < 4.78 is 0. The Morgan fingerprint density at radius 2 is 2.00 bits per heavy atom. The molecule has 0 aliphatic heterocycles. The first-order valence-electron chi connectivity index (χ1n) is 6.21. The summed E-state index contributed by atoms with van der Waals surface area (Å²) in [5, 5.41) is 14.8. The second-order valence-electron chi connectivity index (χ2n) is 5.60. The first-order chi connectivity index (χ1) is 9.25. The number of hydrogen-bond donors (Lipinski definition) is 2. The molecule has 0 bridgehead atoms. The number of thiazole rings is 1. The van der Waals surface area contributed by atoms with Crippen molar-refractivity contribution in [3.05, 3.63) is 34.5 Å². The fourth-order valence-corrected chi connectivity index (χ4v) is 2.59. The van der Waals surface area contributed by atoms with E-state index in [-0.39, 0.29) is 11.0 Å². The molecule has 0 aromatic carbocycles. The normalized spacial score (nSPS) is 11.4. The van der Waals surface area contributed by atoms with Crippen LogP contribution in [-0.4, -0.2) is 21.0 Å². The summed E-state index contributed by atoms with van der Waals surface area (Å²) in [6.07, 6.45) is 0. The SMILES string of the molecule is Cc1cc(C(=O)O)cc(Nc2nc(C(C)(C)C)cs2)n1. The third-order valence-electron chi connectivity index (χ3n) is 2.71. The van der Waals surface area contributed by atoms with Gasteiger partial charge in [0.15, 0.2) is 5.13 Å². The molecule has 0 fully saturated rings. The van der Waals surface area contributed by atoms with Crippen LogP contribution in [0.4, 0.5) is 10.9 Å². The molecule has 5 nitrogen and oxygen atoms in total. The Bertz CT molecular complexity index is 644. The minimum atomic E-state index is -0.965. The van der Waals surface area contributed by atoms with Gasteiger partial charge in [-0.2, -0.15) is 0 Å². The lowest BCUT2D eigenvalue weighted by Crippen LogP contribution is -2.11. The van der Waals surface area contributed by atoms with Crippen molar-refractivity contribution in [1.29, 1.82) is 0 Å². The smallest absolute Gasteiger partial charge is 0.335 e. The molecule has 6 heteroatoms. The zero-order valence-electron chi connectivity index (χ0n) is 11.9. The summed E-state index contributed by atoms with van der Waals surface area (Å²) in [7, 11) is 0. The van der Waals surface area contributed by atoms with Crippen molar-refractivity contribution < 1.29 is 9.90 Å². The summed E-state index contributed by atoms with van der Waals surface area (Å²) in [6.45, 7) is 8.05. The number of carboxylic acids is 1. The van der Waals surface area contributed by atoms with Gasteiger partial charge in [-0.25, -0.2) is 14.8 Å². The number of carboxylic acid groups (broad SMARTS) is 1. The lowest BCUT2D eigenvalue weighted by atomic mass is 9.93. The largest absolute Gasteiger partial charge is 0.478 e. The fraction of sp³-hybridized carbons (Fsp3) is 0.357. The van der Waals surface area contributed by atoms with Gasteiger partial charge in [-0.1, -0.05) is 20.8 Å². The number of aromatic nitrogens is 2. The number of nitrogens with one attached hydrogen (secondary N) is 1. The second kappa shape index (κ2) is 5.20. The molecule has 0 saturated heterocycles. The van der Waals surface area contributed by atoms with Crippen molar-refractivity contribution >= 4 is 28.3 Å². The highest BCUT2D eigenvalue weighted by molar-refractivity contribution is 7.13. The summed E-state index contributed by atoms with van der Waals surface area (Å²) in [5.41, 5.74) is 1.85. The first kappa shape index (κ1) is 14.5. The van der Waals surface area contributed by atoms with E-state index in [4.69, 9.17) is 5.11 Å². The third kappa shape index (κ3) is 3.33. The van der Waals surface area contributed by atoms with Crippen LogP contribution in [0, 0.1) is 6.92 Å². The number of hydrogen-bond acceptors (Lipinski definition) is 5. The molecule has 2 rings (SSSR count). The molecule has 0 atom stereocenters. The van der Waals surface area contributed by atoms with Gasteiger partial charge in [-0.05, 0) is 19.1 Å². The van der Waals surface area contributed by atoms with Gasteiger partial charge in [0, 0.05) is 16.5 Å². The Labute approximate surface area is 121 Å². The van der Waals surface area contributed by atoms with Crippen LogP contribution < -0.4 is 5.32 Å². The maximum atomic E-state index is 11.0. The lowest BCUT2D eigenvalue weighted by Gasteiger charge is -2.14. The highest BCUT2D eigenvalue weighted by Crippen LogP contribution is 2.28. The maximum Gasteiger partial charge on any atom is 0.335 e. The third-order valence-corrected chi connectivity index (χ3v) is 3.47. The standard InChI is InChI=1S/C14H17N3O2S/c1-8-5-9(12(18)19)6-11(15-8)17-13-16-10(7-20-13)14(2,3)4/h5-7H,1-4H3,(H,18,19)(H,15,16,17). The predicted molar refractivity (Wildman–Crippen MR) is 80.0 cm³/mol. The van der Waals surface area contributed by atoms with E-state index in [1.165, 1.54) is 23.5 Å². The van der Waals surface area contributed by atoms with Crippen LogP contribution in [0.1, 0.15) is 42.5 Å². The zero-order valence-corrected chi connectivity index (χ0v) is 12.7. The van der Waals surface area contributed by atoms with Crippen molar-refractivity contribution in [3.63, 3.8) is 0 Å². The summed E-state index contributed by atoms with van der Waals surface area (Å²) in [4.78, 5) is 19.8. The monoisotopic (exact) mass is 291 g/mol. The van der Waals surface area contributed by atoms with E-state index in [9.17, 15) is 4.79 Å². The van der Waals surface area contributed by atoms with Gasteiger partial charge >= 0.3 is 5.97 Å². The van der Waals surface area contributed by atoms with E-state index in [1.54, 1.807) is 6.92 Å². The average molecular weight is 291 g/mol. The molecule has 0 radical (unpaired) electrons. The average Bonchev–Trinajstić information content (AvgIpc) is 2.76. The van der Waals surface area contributed by atoms with Crippen LogP contribution in [0.5, 0.6) is 0 Å². The Kier molecular flexibility index (Phi) is 3.76.